The molecule has 0 saturated carbocycles. The van der Waals surface area contributed by atoms with Crippen molar-refractivity contribution in [1.29, 1.82) is 0 Å². The number of nitrogens with one attached hydrogen (secondary N) is 1. The number of likely N-dealkylation sites (tertiary alicyclic amines) is 1. The quantitative estimate of drug-likeness (QED) is 0.742. The molecule has 19 heavy (non-hydrogen) atoms. The largest absolute Gasteiger partial charge is 0.419 e. The van der Waals surface area contributed by atoms with E-state index in [0.717, 1.165) is 4.90 Å². The van der Waals surface area contributed by atoms with Crippen molar-refractivity contribution in [3.8, 4) is 0 Å². The highest BCUT2D eigenvalue weighted by Crippen LogP contribution is 2.37. The summed E-state index contributed by atoms with van der Waals surface area (Å²) in [6.45, 7) is 0.959. The second-order valence-corrected chi connectivity index (χ2v) is 5.00. The van der Waals surface area contributed by atoms with E-state index in [4.69, 9.17) is 4.74 Å². The lowest BCUT2D eigenvalue weighted by Gasteiger charge is -2.27. The van der Waals surface area contributed by atoms with E-state index >= 15 is 0 Å². The Labute approximate surface area is 108 Å². The van der Waals surface area contributed by atoms with Gasteiger partial charge in [-0.2, -0.15) is 13.2 Å². The van der Waals surface area contributed by atoms with Crippen LogP contribution >= 0.6 is 0 Å². The van der Waals surface area contributed by atoms with Gasteiger partial charge in [0.15, 0.2) is 5.60 Å². The van der Waals surface area contributed by atoms with Gasteiger partial charge in [-0.25, -0.2) is 0 Å². The van der Waals surface area contributed by atoms with Crippen LogP contribution in [0.4, 0.5) is 13.2 Å². The zero-order valence-corrected chi connectivity index (χ0v) is 10.4. The van der Waals surface area contributed by atoms with E-state index < -0.39 is 30.7 Å². The summed E-state index contributed by atoms with van der Waals surface area (Å²) in [5.41, 5.74) is -2.77. The molecule has 2 atom stereocenters. The molecule has 2 saturated heterocycles. The molecule has 5 nitrogen and oxygen atoms in total. The summed E-state index contributed by atoms with van der Waals surface area (Å²) in [6, 6.07) is 0. The van der Waals surface area contributed by atoms with Crippen molar-refractivity contribution < 1.29 is 27.8 Å². The second kappa shape index (κ2) is 5.26. The minimum absolute atomic E-state index is 0.0426. The number of carbonyl (C=O) groups is 1. The molecule has 8 heteroatoms. The van der Waals surface area contributed by atoms with E-state index in [2.05, 4.69) is 5.32 Å². The molecular weight excluding hydrogens is 265 g/mol. The van der Waals surface area contributed by atoms with Gasteiger partial charge < -0.3 is 20.1 Å². The summed E-state index contributed by atoms with van der Waals surface area (Å²) in [7, 11) is 0. The predicted molar refractivity (Wildman–Crippen MR) is 59.4 cm³/mol. The highest BCUT2D eigenvalue weighted by Gasteiger charge is 2.57. The number of hydrogen-bond donors (Lipinski definition) is 2. The van der Waals surface area contributed by atoms with Crippen molar-refractivity contribution in [3.05, 3.63) is 0 Å². The van der Waals surface area contributed by atoms with Crippen molar-refractivity contribution in [2.75, 3.05) is 32.8 Å². The SMILES string of the molecule is O=C(CC1CNCCO1)N1CCC(O)(C(F)(F)F)C1. The van der Waals surface area contributed by atoms with Crippen molar-refractivity contribution in [3.63, 3.8) is 0 Å². The third kappa shape index (κ3) is 3.18. The van der Waals surface area contributed by atoms with E-state index in [9.17, 15) is 23.1 Å². The number of alkyl halides is 3. The average Bonchev–Trinajstić information content (AvgIpc) is 2.74. The van der Waals surface area contributed by atoms with Crippen molar-refractivity contribution >= 4 is 5.91 Å². The van der Waals surface area contributed by atoms with Crippen LogP contribution in [0.3, 0.4) is 0 Å². The molecule has 0 bridgehead atoms. The summed E-state index contributed by atoms with van der Waals surface area (Å²) in [4.78, 5) is 12.9. The number of β-amino-alcohol motifs (C(OH)–C–C–N with tert-alkyl or cyclic N) is 1. The first kappa shape index (κ1) is 14.5. The first-order valence-corrected chi connectivity index (χ1v) is 6.21. The lowest BCUT2D eigenvalue weighted by Crippen LogP contribution is -2.48. The smallest absolute Gasteiger partial charge is 0.379 e. The molecule has 2 aliphatic rings. The fourth-order valence-corrected chi connectivity index (χ4v) is 2.31. The van der Waals surface area contributed by atoms with Gasteiger partial charge in [-0.15, -0.1) is 0 Å². The van der Waals surface area contributed by atoms with Crippen molar-refractivity contribution in [2.45, 2.75) is 30.7 Å². The van der Waals surface area contributed by atoms with Gasteiger partial charge in [0.25, 0.3) is 0 Å². The molecule has 2 heterocycles. The van der Waals surface area contributed by atoms with E-state index in [-0.39, 0.29) is 19.1 Å². The lowest BCUT2D eigenvalue weighted by molar-refractivity contribution is -0.253. The first-order valence-electron chi connectivity index (χ1n) is 6.21. The minimum atomic E-state index is -4.70. The maximum atomic E-state index is 12.6. The van der Waals surface area contributed by atoms with Crippen LogP contribution in [0.2, 0.25) is 0 Å². The number of morpholine rings is 1. The molecule has 1 amide bonds. The number of amides is 1. The number of hydrogen-bond acceptors (Lipinski definition) is 4. The Bertz CT molecular complexity index is 345. The molecule has 2 unspecified atom stereocenters. The number of aliphatic hydroxyl groups is 1. The van der Waals surface area contributed by atoms with Crippen LogP contribution in [-0.2, 0) is 9.53 Å². The Morgan fingerprint density at radius 2 is 2.26 bits per heavy atom. The van der Waals surface area contributed by atoms with Gasteiger partial charge in [-0.3, -0.25) is 4.79 Å². The summed E-state index contributed by atoms with van der Waals surface area (Å²) in [5, 5.41) is 12.5. The zero-order chi connectivity index (χ0) is 14.1. The Balaban J connectivity index is 1.88. The Morgan fingerprint density at radius 3 is 2.79 bits per heavy atom. The summed E-state index contributed by atoms with van der Waals surface area (Å²) < 4.78 is 43.2. The average molecular weight is 282 g/mol. The maximum Gasteiger partial charge on any atom is 0.419 e. The van der Waals surface area contributed by atoms with Gasteiger partial charge in [0.05, 0.1) is 25.7 Å². The van der Waals surface area contributed by atoms with Gasteiger partial charge in [0.1, 0.15) is 0 Å². The van der Waals surface area contributed by atoms with Gasteiger partial charge in [0.2, 0.25) is 5.91 Å². The maximum absolute atomic E-state index is 12.6. The Hall–Kier alpha value is -0.860. The van der Waals surface area contributed by atoms with Crippen LogP contribution < -0.4 is 5.32 Å². The molecular formula is C11H17F3N2O3. The third-order valence-electron chi connectivity index (χ3n) is 3.53. The number of halogens is 3. The van der Waals surface area contributed by atoms with Crippen LogP contribution in [0.25, 0.3) is 0 Å². The first-order chi connectivity index (χ1) is 8.82. The molecule has 0 aromatic rings. The standard InChI is InChI=1S/C11H17F3N2O3/c12-11(13,14)10(18)1-3-16(7-10)9(17)5-8-6-15-2-4-19-8/h8,15,18H,1-7H2. The second-order valence-electron chi connectivity index (χ2n) is 5.00. The monoisotopic (exact) mass is 282 g/mol. The van der Waals surface area contributed by atoms with Crippen LogP contribution in [-0.4, -0.2) is 66.6 Å². The van der Waals surface area contributed by atoms with Crippen LogP contribution in [0.15, 0.2) is 0 Å². The van der Waals surface area contributed by atoms with E-state index in [1.54, 1.807) is 0 Å². The van der Waals surface area contributed by atoms with Gasteiger partial charge in [-0.05, 0) is 0 Å². The fraction of sp³-hybridized carbons (Fsp3) is 0.909. The molecule has 0 aromatic carbocycles. The summed E-state index contributed by atoms with van der Waals surface area (Å²) in [6.07, 6.45) is -5.43. The number of carbonyl (C=O) groups excluding carboxylic acids is 1. The van der Waals surface area contributed by atoms with E-state index in [1.807, 2.05) is 0 Å². The van der Waals surface area contributed by atoms with E-state index in [0.29, 0.717) is 19.7 Å². The molecule has 0 aromatic heterocycles. The fourth-order valence-electron chi connectivity index (χ4n) is 2.31. The summed E-state index contributed by atoms with van der Waals surface area (Å²) in [5.74, 6) is -0.408. The number of ether oxygens (including phenoxy) is 1. The number of nitrogens with zero attached hydrogens (tertiary/aromatic N) is 1. The zero-order valence-electron chi connectivity index (χ0n) is 10.4. The Morgan fingerprint density at radius 1 is 1.53 bits per heavy atom. The highest BCUT2D eigenvalue weighted by atomic mass is 19.4. The van der Waals surface area contributed by atoms with E-state index in [1.165, 1.54) is 0 Å². The van der Waals surface area contributed by atoms with Crippen molar-refractivity contribution in [1.82, 2.24) is 10.2 Å². The van der Waals surface area contributed by atoms with Crippen LogP contribution in [0.5, 0.6) is 0 Å². The molecule has 0 radical (unpaired) electrons. The molecule has 2 fully saturated rings. The van der Waals surface area contributed by atoms with Crippen LogP contribution in [0.1, 0.15) is 12.8 Å². The molecule has 0 aliphatic carbocycles. The molecule has 0 spiro atoms. The minimum Gasteiger partial charge on any atom is -0.379 e. The van der Waals surface area contributed by atoms with Crippen LogP contribution in [0, 0.1) is 0 Å². The van der Waals surface area contributed by atoms with Gasteiger partial charge >= 0.3 is 6.18 Å². The number of rotatable bonds is 2. The molecule has 2 N–H and O–H groups in total. The predicted octanol–water partition coefficient (Wildman–Crippen LogP) is -0.109. The normalized spacial score (nSPS) is 32.6. The van der Waals surface area contributed by atoms with Gasteiger partial charge in [0, 0.05) is 26.1 Å². The molecule has 2 aliphatic heterocycles. The topological polar surface area (TPSA) is 61.8 Å². The summed E-state index contributed by atoms with van der Waals surface area (Å²) >= 11 is 0. The molecule has 2 rings (SSSR count). The Kier molecular flexibility index (Phi) is 4.03. The molecule has 110 valence electrons. The third-order valence-corrected chi connectivity index (χ3v) is 3.53. The lowest BCUT2D eigenvalue weighted by atomic mass is 10.0. The van der Waals surface area contributed by atoms with Crippen molar-refractivity contribution in [2.24, 2.45) is 0 Å². The van der Waals surface area contributed by atoms with Gasteiger partial charge in [-0.1, -0.05) is 0 Å². The highest BCUT2D eigenvalue weighted by molar-refractivity contribution is 5.77.